The first-order valence-electron chi connectivity index (χ1n) is 7.91. The fourth-order valence-corrected chi connectivity index (χ4v) is 2.92. The summed E-state index contributed by atoms with van der Waals surface area (Å²) in [7, 11) is 3.34. The van der Waals surface area contributed by atoms with Gasteiger partial charge < -0.3 is 9.47 Å². The molecule has 0 saturated carbocycles. The lowest BCUT2D eigenvalue weighted by Gasteiger charge is -2.11. The topological polar surface area (TPSA) is 22.3 Å². The van der Waals surface area contributed by atoms with Gasteiger partial charge in [-0.25, -0.2) is 4.57 Å². The van der Waals surface area contributed by atoms with E-state index < -0.39 is 0 Å². The number of rotatable bonds is 5. The van der Waals surface area contributed by atoms with Crippen LogP contribution in [-0.2, 0) is 6.54 Å². The molecule has 3 nitrogen and oxygen atoms in total. The summed E-state index contributed by atoms with van der Waals surface area (Å²) in [4.78, 5) is 0. The summed E-state index contributed by atoms with van der Waals surface area (Å²) in [5, 5.41) is 2.32. The number of aromatic nitrogens is 1. The Bertz CT molecular complexity index is 813. The van der Waals surface area contributed by atoms with Crippen LogP contribution in [-0.4, -0.2) is 14.2 Å². The van der Waals surface area contributed by atoms with Gasteiger partial charge in [0.1, 0.15) is 6.54 Å². The summed E-state index contributed by atoms with van der Waals surface area (Å²) in [6.07, 6.45) is 5.48. The van der Waals surface area contributed by atoms with Crippen LogP contribution in [0.15, 0.2) is 54.9 Å². The van der Waals surface area contributed by atoms with E-state index in [0.29, 0.717) is 0 Å². The second kappa shape index (κ2) is 6.69. The number of aryl methyl sites for hydroxylation is 1. The van der Waals surface area contributed by atoms with Gasteiger partial charge in [0.25, 0.3) is 0 Å². The normalized spacial score (nSPS) is 10.7. The fourth-order valence-electron chi connectivity index (χ4n) is 2.92. The van der Waals surface area contributed by atoms with Gasteiger partial charge in [0.05, 0.1) is 25.2 Å². The molecule has 0 saturated heterocycles. The van der Waals surface area contributed by atoms with Crippen molar-refractivity contribution in [2.75, 3.05) is 14.2 Å². The predicted octanol–water partition coefficient (Wildman–Crippen LogP) is 4.22. The highest BCUT2D eigenvalue weighted by atomic mass is 16.5. The number of nitrogens with zero attached hydrogens (tertiary/aromatic N) is 1. The Labute approximate surface area is 137 Å². The third-order valence-corrected chi connectivity index (χ3v) is 4.01. The van der Waals surface area contributed by atoms with E-state index in [1.807, 2.05) is 12.1 Å². The Morgan fingerprint density at radius 3 is 2.26 bits per heavy atom. The average Bonchev–Trinajstić information content (AvgIpc) is 2.61. The molecule has 0 amide bonds. The number of hydrogen-bond acceptors (Lipinski definition) is 2. The van der Waals surface area contributed by atoms with Crippen molar-refractivity contribution in [1.29, 1.82) is 0 Å². The first-order valence-corrected chi connectivity index (χ1v) is 7.91. The van der Waals surface area contributed by atoms with Crippen LogP contribution >= 0.6 is 0 Å². The third-order valence-electron chi connectivity index (χ3n) is 4.01. The SMILES string of the molecule is CCC[n+]1cc(-c2ccccc2)c2cc(OC)c(OC)cc2c1. The minimum atomic E-state index is 0.755. The monoisotopic (exact) mass is 308 g/mol. The number of hydrogen-bond donors (Lipinski definition) is 0. The van der Waals surface area contributed by atoms with Crippen LogP contribution in [0.4, 0.5) is 0 Å². The van der Waals surface area contributed by atoms with E-state index in [4.69, 9.17) is 9.47 Å². The summed E-state index contributed by atoms with van der Waals surface area (Å²) < 4.78 is 13.2. The Kier molecular flexibility index (Phi) is 4.47. The summed E-state index contributed by atoms with van der Waals surface area (Å²) in [6, 6.07) is 14.6. The molecule has 3 heteroatoms. The van der Waals surface area contributed by atoms with Gasteiger partial charge in [-0.3, -0.25) is 0 Å². The zero-order valence-electron chi connectivity index (χ0n) is 13.9. The van der Waals surface area contributed by atoms with Gasteiger partial charge in [-0.2, -0.15) is 0 Å². The van der Waals surface area contributed by atoms with Crippen LogP contribution in [0.25, 0.3) is 21.9 Å². The molecule has 0 aliphatic rings. The number of ether oxygens (including phenoxy) is 2. The van der Waals surface area contributed by atoms with Gasteiger partial charge in [0, 0.05) is 11.8 Å². The van der Waals surface area contributed by atoms with E-state index in [9.17, 15) is 0 Å². The molecular formula is C20H22NO2+. The van der Waals surface area contributed by atoms with Gasteiger partial charge in [-0.05, 0) is 17.7 Å². The molecule has 1 heterocycles. The van der Waals surface area contributed by atoms with Crippen molar-refractivity contribution in [2.45, 2.75) is 19.9 Å². The van der Waals surface area contributed by atoms with E-state index in [1.165, 1.54) is 16.5 Å². The van der Waals surface area contributed by atoms with E-state index in [0.717, 1.165) is 29.9 Å². The second-order valence-corrected chi connectivity index (χ2v) is 5.57. The molecule has 2 aromatic carbocycles. The zero-order chi connectivity index (χ0) is 16.2. The number of pyridine rings is 1. The molecule has 0 bridgehead atoms. The Morgan fingerprint density at radius 1 is 0.913 bits per heavy atom. The highest BCUT2D eigenvalue weighted by molar-refractivity contribution is 5.97. The lowest BCUT2D eigenvalue weighted by molar-refractivity contribution is -0.695. The summed E-state index contributed by atoms with van der Waals surface area (Å²) >= 11 is 0. The van der Waals surface area contributed by atoms with E-state index in [2.05, 4.69) is 54.2 Å². The largest absolute Gasteiger partial charge is 0.493 e. The highest BCUT2D eigenvalue weighted by Crippen LogP contribution is 2.36. The molecule has 1 aromatic heterocycles. The van der Waals surface area contributed by atoms with Crippen molar-refractivity contribution < 1.29 is 14.0 Å². The standard InChI is InChI=1S/C20H22NO2/c1-4-10-21-13-16-11-19(22-2)20(23-3)12-17(16)18(14-21)15-8-6-5-7-9-15/h5-9,11-14H,4,10H2,1-3H3/q+1. The van der Waals surface area contributed by atoms with Crippen LogP contribution in [0, 0.1) is 0 Å². The Balaban J connectivity index is 2.31. The molecule has 0 aliphatic carbocycles. The van der Waals surface area contributed by atoms with Crippen LogP contribution in [0.1, 0.15) is 13.3 Å². The van der Waals surface area contributed by atoms with Gasteiger partial charge in [-0.15, -0.1) is 0 Å². The smallest absolute Gasteiger partial charge is 0.177 e. The van der Waals surface area contributed by atoms with Crippen molar-refractivity contribution in [1.82, 2.24) is 0 Å². The van der Waals surface area contributed by atoms with Crippen molar-refractivity contribution in [3.05, 3.63) is 54.9 Å². The maximum absolute atomic E-state index is 5.48. The molecule has 0 atom stereocenters. The number of benzene rings is 2. The zero-order valence-corrected chi connectivity index (χ0v) is 13.9. The molecule has 23 heavy (non-hydrogen) atoms. The van der Waals surface area contributed by atoms with Gasteiger partial charge in [0.2, 0.25) is 0 Å². The summed E-state index contributed by atoms with van der Waals surface area (Å²) in [6.45, 7) is 3.18. The summed E-state index contributed by atoms with van der Waals surface area (Å²) in [5.41, 5.74) is 2.41. The average molecular weight is 308 g/mol. The number of fused-ring (bicyclic) bond motifs is 1. The predicted molar refractivity (Wildman–Crippen MR) is 93.0 cm³/mol. The van der Waals surface area contributed by atoms with Gasteiger partial charge in [0.15, 0.2) is 23.9 Å². The van der Waals surface area contributed by atoms with E-state index in [-0.39, 0.29) is 0 Å². The van der Waals surface area contributed by atoms with Gasteiger partial charge in [-0.1, -0.05) is 37.3 Å². The highest BCUT2D eigenvalue weighted by Gasteiger charge is 2.15. The number of methoxy groups -OCH3 is 2. The minimum absolute atomic E-state index is 0.755. The molecular weight excluding hydrogens is 286 g/mol. The van der Waals surface area contributed by atoms with Crippen LogP contribution in [0.5, 0.6) is 11.5 Å². The molecule has 0 aliphatic heterocycles. The van der Waals surface area contributed by atoms with E-state index in [1.54, 1.807) is 14.2 Å². The quantitative estimate of drug-likeness (QED) is 0.658. The molecule has 0 fully saturated rings. The minimum Gasteiger partial charge on any atom is -0.493 e. The maximum atomic E-state index is 5.48. The molecule has 118 valence electrons. The van der Waals surface area contributed by atoms with Gasteiger partial charge >= 0.3 is 0 Å². The molecule has 3 rings (SSSR count). The first-order chi connectivity index (χ1) is 11.3. The third kappa shape index (κ3) is 3.00. The lowest BCUT2D eigenvalue weighted by Crippen LogP contribution is -2.32. The van der Waals surface area contributed by atoms with Crippen molar-refractivity contribution in [2.24, 2.45) is 0 Å². The second-order valence-electron chi connectivity index (χ2n) is 5.57. The maximum Gasteiger partial charge on any atom is 0.177 e. The fraction of sp³-hybridized carbons (Fsp3) is 0.250. The molecule has 3 aromatic rings. The molecule has 0 radical (unpaired) electrons. The van der Waals surface area contributed by atoms with Crippen molar-refractivity contribution >= 4 is 10.8 Å². The molecule has 0 spiro atoms. The van der Waals surface area contributed by atoms with Crippen LogP contribution in [0.3, 0.4) is 0 Å². The first kappa shape index (κ1) is 15.3. The Hall–Kier alpha value is -2.55. The summed E-state index contributed by atoms with van der Waals surface area (Å²) in [5.74, 6) is 1.51. The van der Waals surface area contributed by atoms with Crippen LogP contribution in [0.2, 0.25) is 0 Å². The van der Waals surface area contributed by atoms with Crippen LogP contribution < -0.4 is 14.0 Å². The van der Waals surface area contributed by atoms with E-state index >= 15 is 0 Å². The Morgan fingerprint density at radius 2 is 1.61 bits per heavy atom. The molecule has 0 unspecified atom stereocenters. The van der Waals surface area contributed by atoms with Crippen molar-refractivity contribution in [3.8, 4) is 22.6 Å². The van der Waals surface area contributed by atoms with Crippen molar-refractivity contribution in [3.63, 3.8) is 0 Å². The molecule has 0 N–H and O–H groups in total. The lowest BCUT2D eigenvalue weighted by atomic mass is 10.00.